The van der Waals surface area contributed by atoms with Gasteiger partial charge in [-0.1, -0.05) is 19.9 Å². The molecule has 3 nitrogen and oxygen atoms in total. The first-order valence-corrected chi connectivity index (χ1v) is 11.2. The monoisotopic (exact) mass is 430 g/mol. The number of aromatic nitrogens is 1. The number of thiophene rings is 1. The second-order valence-electron chi connectivity index (χ2n) is 7.01. The van der Waals surface area contributed by atoms with Gasteiger partial charge in [-0.2, -0.15) is 0 Å². The van der Waals surface area contributed by atoms with Crippen LogP contribution in [0.5, 0.6) is 11.6 Å². The molecular weight excluding hydrogens is 403 g/mol. The van der Waals surface area contributed by atoms with Crippen LogP contribution < -0.4 is 4.74 Å². The Balaban J connectivity index is 0.00000145. The van der Waals surface area contributed by atoms with E-state index >= 15 is 0 Å². The molecule has 3 rings (SSSR count). The highest BCUT2D eigenvalue weighted by atomic mass is 32.2. The van der Waals surface area contributed by atoms with Crippen LogP contribution in [-0.4, -0.2) is 15.4 Å². The molecule has 0 spiro atoms. The largest absolute Gasteiger partial charge is 0.439 e. The van der Waals surface area contributed by atoms with Gasteiger partial charge in [0.1, 0.15) is 17.3 Å². The standard InChI is InChI=1S/C21H21FN2OS2.C2H6/c1-14-12-15(13-26-14)20(24-27-21(2,3)4)18-6-5-7-19(23-18)25-17-10-8-16(22)9-11-17;1-2/h5-13H,1-4H3;1-2H3/b24-20+;. The highest BCUT2D eigenvalue weighted by Gasteiger charge is 2.16. The fourth-order valence-corrected chi connectivity index (χ4v) is 3.48. The molecule has 0 fully saturated rings. The minimum Gasteiger partial charge on any atom is -0.439 e. The molecule has 0 N–H and O–H groups in total. The minimum absolute atomic E-state index is 0.00145. The first-order valence-electron chi connectivity index (χ1n) is 9.53. The SMILES string of the molecule is CC.Cc1cc(/C(=N\SC(C)(C)C)c2cccc(Oc3ccc(F)cc3)n2)cs1. The highest BCUT2D eigenvalue weighted by Crippen LogP contribution is 2.28. The first-order chi connectivity index (χ1) is 13.8. The van der Waals surface area contributed by atoms with Crippen LogP contribution in [-0.2, 0) is 0 Å². The van der Waals surface area contributed by atoms with E-state index in [1.54, 1.807) is 29.5 Å². The molecule has 0 bridgehead atoms. The number of hydrogen-bond acceptors (Lipinski definition) is 5. The summed E-state index contributed by atoms with van der Waals surface area (Å²) >= 11 is 3.21. The number of ether oxygens (including phenoxy) is 1. The molecule has 2 aromatic heterocycles. The lowest BCUT2D eigenvalue weighted by atomic mass is 10.1. The van der Waals surface area contributed by atoms with Gasteiger partial charge < -0.3 is 4.74 Å². The maximum Gasteiger partial charge on any atom is 0.219 e. The van der Waals surface area contributed by atoms with Crippen molar-refractivity contribution >= 4 is 29.0 Å². The van der Waals surface area contributed by atoms with Gasteiger partial charge in [0.2, 0.25) is 5.88 Å². The lowest BCUT2D eigenvalue weighted by Crippen LogP contribution is -2.09. The van der Waals surface area contributed by atoms with E-state index in [2.05, 4.69) is 44.1 Å². The minimum atomic E-state index is -0.300. The Morgan fingerprint density at radius 2 is 1.79 bits per heavy atom. The maximum atomic E-state index is 13.1. The fourth-order valence-electron chi connectivity index (χ4n) is 2.22. The van der Waals surface area contributed by atoms with Crippen molar-refractivity contribution in [3.8, 4) is 11.6 Å². The third kappa shape index (κ3) is 7.29. The molecule has 1 aromatic carbocycles. The van der Waals surface area contributed by atoms with Crippen LogP contribution in [0.4, 0.5) is 4.39 Å². The van der Waals surface area contributed by atoms with E-state index in [1.165, 1.54) is 29.0 Å². The number of aryl methyl sites for hydroxylation is 1. The van der Waals surface area contributed by atoms with Crippen LogP contribution in [0.2, 0.25) is 0 Å². The van der Waals surface area contributed by atoms with Crippen molar-refractivity contribution in [3.63, 3.8) is 0 Å². The normalized spacial score (nSPS) is 11.6. The molecule has 0 amide bonds. The second kappa shape index (κ2) is 10.6. The third-order valence-corrected chi connectivity index (χ3v) is 5.10. The summed E-state index contributed by atoms with van der Waals surface area (Å²) in [5.41, 5.74) is 2.61. The van der Waals surface area contributed by atoms with E-state index < -0.39 is 0 Å². The van der Waals surface area contributed by atoms with Crippen LogP contribution in [0.15, 0.2) is 58.3 Å². The second-order valence-corrected chi connectivity index (χ2v) is 9.71. The van der Waals surface area contributed by atoms with Gasteiger partial charge in [-0.25, -0.2) is 13.8 Å². The Morgan fingerprint density at radius 1 is 1.10 bits per heavy atom. The summed E-state index contributed by atoms with van der Waals surface area (Å²) in [6.07, 6.45) is 0. The zero-order valence-electron chi connectivity index (χ0n) is 17.7. The molecular formula is C23H27FN2OS2. The summed E-state index contributed by atoms with van der Waals surface area (Å²) in [4.78, 5) is 5.84. The Hall–Kier alpha value is -2.18. The van der Waals surface area contributed by atoms with Crippen molar-refractivity contribution in [1.29, 1.82) is 0 Å². The summed E-state index contributed by atoms with van der Waals surface area (Å²) < 4.78 is 23.6. The molecule has 0 unspecified atom stereocenters. The first kappa shape index (κ1) is 23.1. The van der Waals surface area contributed by atoms with Gasteiger partial charge in [-0.3, -0.25) is 0 Å². The van der Waals surface area contributed by atoms with E-state index in [0.717, 1.165) is 17.0 Å². The lowest BCUT2D eigenvalue weighted by Gasteiger charge is -2.14. The number of halogens is 1. The lowest BCUT2D eigenvalue weighted by molar-refractivity contribution is 0.461. The van der Waals surface area contributed by atoms with Crippen molar-refractivity contribution in [2.24, 2.45) is 4.40 Å². The smallest absolute Gasteiger partial charge is 0.219 e. The quantitative estimate of drug-likeness (QED) is 0.307. The zero-order valence-corrected chi connectivity index (χ0v) is 19.3. The van der Waals surface area contributed by atoms with Crippen LogP contribution in [0, 0.1) is 12.7 Å². The molecule has 0 saturated heterocycles. The zero-order chi connectivity index (χ0) is 21.4. The van der Waals surface area contributed by atoms with Gasteiger partial charge in [0.25, 0.3) is 0 Å². The third-order valence-electron chi connectivity index (χ3n) is 3.42. The molecule has 0 saturated carbocycles. The predicted octanol–water partition coefficient (Wildman–Crippen LogP) is 7.69. The maximum absolute atomic E-state index is 13.1. The van der Waals surface area contributed by atoms with Gasteiger partial charge in [0.05, 0.1) is 5.69 Å². The van der Waals surface area contributed by atoms with Crippen molar-refractivity contribution in [2.75, 3.05) is 0 Å². The summed E-state index contributed by atoms with van der Waals surface area (Å²) in [6, 6.07) is 13.6. The molecule has 0 aliphatic carbocycles. The number of pyridine rings is 1. The molecule has 0 radical (unpaired) electrons. The summed E-state index contributed by atoms with van der Waals surface area (Å²) in [5.74, 6) is 0.681. The molecule has 3 aromatic rings. The van der Waals surface area contributed by atoms with E-state index in [1.807, 2.05) is 26.0 Å². The molecule has 0 aliphatic rings. The van der Waals surface area contributed by atoms with Gasteiger partial charge in [0.15, 0.2) is 0 Å². The summed E-state index contributed by atoms with van der Waals surface area (Å²) in [6.45, 7) is 12.4. The average molecular weight is 431 g/mol. The van der Waals surface area contributed by atoms with Crippen LogP contribution in [0.25, 0.3) is 0 Å². The van der Waals surface area contributed by atoms with E-state index in [4.69, 9.17) is 9.13 Å². The van der Waals surface area contributed by atoms with Gasteiger partial charge in [0, 0.05) is 26.6 Å². The molecule has 154 valence electrons. The Morgan fingerprint density at radius 3 is 2.38 bits per heavy atom. The van der Waals surface area contributed by atoms with Crippen LogP contribution in [0.1, 0.15) is 50.8 Å². The van der Waals surface area contributed by atoms with Crippen molar-refractivity contribution < 1.29 is 9.13 Å². The predicted molar refractivity (Wildman–Crippen MR) is 124 cm³/mol. The highest BCUT2D eigenvalue weighted by molar-refractivity contribution is 7.99. The number of benzene rings is 1. The number of rotatable bonds is 5. The van der Waals surface area contributed by atoms with E-state index in [0.29, 0.717) is 11.6 Å². The summed E-state index contributed by atoms with van der Waals surface area (Å²) in [5, 5.41) is 2.09. The molecule has 29 heavy (non-hydrogen) atoms. The molecule has 0 aliphatic heterocycles. The van der Waals surface area contributed by atoms with Crippen molar-refractivity contribution in [3.05, 3.63) is 75.9 Å². The van der Waals surface area contributed by atoms with Gasteiger partial charge in [-0.15, -0.1) is 11.3 Å². The van der Waals surface area contributed by atoms with E-state index in [9.17, 15) is 4.39 Å². The molecule has 6 heteroatoms. The van der Waals surface area contributed by atoms with Crippen molar-refractivity contribution in [1.82, 2.24) is 4.98 Å². The van der Waals surface area contributed by atoms with Crippen molar-refractivity contribution in [2.45, 2.75) is 46.3 Å². The molecule has 0 atom stereocenters. The topological polar surface area (TPSA) is 34.5 Å². The average Bonchev–Trinajstić information content (AvgIpc) is 3.11. The Labute approximate surface area is 181 Å². The summed E-state index contributed by atoms with van der Waals surface area (Å²) in [7, 11) is 0. The Bertz CT molecular complexity index is 944. The van der Waals surface area contributed by atoms with E-state index in [-0.39, 0.29) is 10.6 Å². The van der Waals surface area contributed by atoms with Crippen LogP contribution >= 0.6 is 23.3 Å². The number of hydrogen-bond donors (Lipinski definition) is 0. The van der Waals surface area contributed by atoms with Gasteiger partial charge >= 0.3 is 0 Å². The fraction of sp³-hybridized carbons (Fsp3) is 0.304. The molecule has 2 heterocycles. The number of nitrogens with zero attached hydrogens (tertiary/aromatic N) is 2. The van der Waals surface area contributed by atoms with Crippen LogP contribution in [0.3, 0.4) is 0 Å². The Kier molecular flexibility index (Phi) is 8.41. The van der Waals surface area contributed by atoms with Gasteiger partial charge in [-0.05, 0) is 76.0 Å².